The molecule has 0 saturated heterocycles. The number of aryl methyl sites for hydroxylation is 1. The number of thiophene rings is 1. The molecule has 0 radical (unpaired) electrons. The number of nitrogens with one attached hydrogen (secondary N) is 1. The zero-order chi connectivity index (χ0) is 16.6. The Morgan fingerprint density at radius 2 is 1.96 bits per heavy atom. The molecule has 0 saturated carbocycles. The predicted octanol–water partition coefficient (Wildman–Crippen LogP) is 3.13. The summed E-state index contributed by atoms with van der Waals surface area (Å²) >= 11 is 1.34. The fraction of sp³-hybridized carbons (Fsp3) is 0.250. The minimum absolute atomic E-state index is 0.149. The van der Waals surface area contributed by atoms with Crippen LogP contribution in [-0.2, 0) is 4.74 Å². The summed E-state index contributed by atoms with van der Waals surface area (Å²) in [6, 6.07) is 4.94. The maximum absolute atomic E-state index is 12.4. The number of carbonyl (C=O) groups excluding carboxylic acids is 2. The molecule has 0 atom stereocenters. The Hall–Kier alpha value is -2.54. The van der Waals surface area contributed by atoms with E-state index in [0.29, 0.717) is 27.6 Å². The van der Waals surface area contributed by atoms with Crippen molar-refractivity contribution in [3.05, 3.63) is 39.8 Å². The number of hydrogen-bond donors (Lipinski definition) is 1. The third kappa shape index (κ3) is 2.75. The van der Waals surface area contributed by atoms with Crippen LogP contribution < -0.4 is 14.8 Å². The molecule has 0 aliphatic carbocycles. The van der Waals surface area contributed by atoms with E-state index in [9.17, 15) is 9.59 Å². The van der Waals surface area contributed by atoms with Crippen LogP contribution in [0, 0.1) is 13.8 Å². The second kappa shape index (κ2) is 5.92. The number of hydrogen-bond acceptors (Lipinski definition) is 6. The maximum atomic E-state index is 12.4. The van der Waals surface area contributed by atoms with E-state index in [-0.39, 0.29) is 12.7 Å². The minimum Gasteiger partial charge on any atom is -0.465 e. The van der Waals surface area contributed by atoms with Crippen LogP contribution in [0.5, 0.6) is 11.5 Å². The fourth-order valence-corrected chi connectivity index (χ4v) is 3.32. The van der Waals surface area contributed by atoms with Gasteiger partial charge in [0.25, 0.3) is 5.91 Å². The van der Waals surface area contributed by atoms with E-state index in [0.717, 1.165) is 10.4 Å². The van der Waals surface area contributed by atoms with E-state index in [1.807, 2.05) is 13.8 Å². The first-order valence-corrected chi connectivity index (χ1v) is 7.72. The topological polar surface area (TPSA) is 73.9 Å². The Balaban J connectivity index is 1.89. The van der Waals surface area contributed by atoms with Crippen LogP contribution in [0.25, 0.3) is 0 Å². The molecule has 6 nitrogen and oxygen atoms in total. The highest BCUT2D eigenvalue weighted by Crippen LogP contribution is 2.35. The van der Waals surface area contributed by atoms with Gasteiger partial charge in [-0.25, -0.2) is 4.79 Å². The minimum atomic E-state index is -0.465. The van der Waals surface area contributed by atoms with E-state index in [1.165, 1.54) is 18.4 Å². The average Bonchev–Trinajstić information content (AvgIpc) is 3.11. The maximum Gasteiger partial charge on any atom is 0.341 e. The van der Waals surface area contributed by atoms with Crippen molar-refractivity contribution in [3.63, 3.8) is 0 Å². The van der Waals surface area contributed by atoms with Gasteiger partial charge in [-0.3, -0.25) is 4.79 Å². The number of fused-ring (bicyclic) bond motifs is 1. The highest BCUT2D eigenvalue weighted by atomic mass is 32.1. The summed E-state index contributed by atoms with van der Waals surface area (Å²) in [5.74, 6) is 0.353. The number of benzene rings is 1. The zero-order valence-electron chi connectivity index (χ0n) is 12.9. The monoisotopic (exact) mass is 333 g/mol. The predicted molar refractivity (Wildman–Crippen MR) is 85.7 cm³/mol. The molecule has 0 bridgehead atoms. The summed E-state index contributed by atoms with van der Waals surface area (Å²) in [4.78, 5) is 25.3. The molecular weight excluding hydrogens is 318 g/mol. The Labute approximate surface area is 137 Å². The van der Waals surface area contributed by atoms with Crippen LogP contribution in [0.4, 0.5) is 5.00 Å². The molecule has 23 heavy (non-hydrogen) atoms. The zero-order valence-corrected chi connectivity index (χ0v) is 13.7. The highest BCUT2D eigenvalue weighted by molar-refractivity contribution is 7.16. The number of methoxy groups -OCH3 is 1. The largest absolute Gasteiger partial charge is 0.465 e. The molecular formula is C16H15NO5S. The van der Waals surface area contributed by atoms with Gasteiger partial charge in [0.2, 0.25) is 6.79 Å². The molecule has 1 aliphatic rings. The molecule has 2 aromatic rings. The van der Waals surface area contributed by atoms with Gasteiger partial charge in [0.05, 0.1) is 12.7 Å². The van der Waals surface area contributed by atoms with Crippen molar-refractivity contribution in [2.45, 2.75) is 13.8 Å². The van der Waals surface area contributed by atoms with Gasteiger partial charge in [0.1, 0.15) is 5.00 Å². The standard InChI is InChI=1S/C16H15NO5S/c1-8-9(2)23-15(13(8)16(19)20-3)17-14(18)10-4-5-11-12(6-10)22-7-21-11/h4-6H,7H2,1-3H3,(H,17,18). The van der Waals surface area contributed by atoms with E-state index in [4.69, 9.17) is 14.2 Å². The molecule has 0 fully saturated rings. The van der Waals surface area contributed by atoms with Gasteiger partial charge in [0.15, 0.2) is 11.5 Å². The van der Waals surface area contributed by atoms with Crippen molar-refractivity contribution in [2.24, 2.45) is 0 Å². The van der Waals surface area contributed by atoms with Gasteiger partial charge in [-0.1, -0.05) is 0 Å². The van der Waals surface area contributed by atoms with Crippen molar-refractivity contribution in [1.29, 1.82) is 0 Å². The quantitative estimate of drug-likeness (QED) is 0.874. The van der Waals surface area contributed by atoms with Crippen molar-refractivity contribution in [1.82, 2.24) is 0 Å². The van der Waals surface area contributed by atoms with Gasteiger partial charge < -0.3 is 19.5 Å². The Kier molecular flexibility index (Phi) is 3.96. The molecule has 0 spiro atoms. The van der Waals surface area contributed by atoms with Crippen molar-refractivity contribution in [3.8, 4) is 11.5 Å². The lowest BCUT2D eigenvalue weighted by molar-refractivity contribution is 0.0601. The lowest BCUT2D eigenvalue weighted by Crippen LogP contribution is -2.14. The van der Waals surface area contributed by atoms with E-state index in [1.54, 1.807) is 18.2 Å². The Morgan fingerprint density at radius 1 is 1.22 bits per heavy atom. The van der Waals surface area contributed by atoms with E-state index < -0.39 is 5.97 Å². The van der Waals surface area contributed by atoms with Crippen molar-refractivity contribution in [2.75, 3.05) is 19.2 Å². The number of ether oxygens (including phenoxy) is 3. The SMILES string of the molecule is COC(=O)c1c(NC(=O)c2ccc3c(c2)OCO3)sc(C)c1C. The number of carbonyl (C=O) groups is 2. The molecule has 1 aromatic carbocycles. The smallest absolute Gasteiger partial charge is 0.341 e. The van der Waals surface area contributed by atoms with E-state index in [2.05, 4.69) is 5.32 Å². The first-order valence-electron chi connectivity index (χ1n) is 6.90. The lowest BCUT2D eigenvalue weighted by atomic mass is 10.1. The number of amides is 1. The van der Waals surface area contributed by atoms with Crippen LogP contribution in [0.3, 0.4) is 0 Å². The number of rotatable bonds is 3. The lowest BCUT2D eigenvalue weighted by Gasteiger charge is -2.07. The summed E-state index contributed by atoms with van der Waals surface area (Å²) in [6.45, 7) is 3.87. The molecule has 120 valence electrons. The van der Waals surface area contributed by atoms with Gasteiger partial charge in [-0.05, 0) is 37.6 Å². The van der Waals surface area contributed by atoms with Crippen LogP contribution in [-0.4, -0.2) is 25.8 Å². The summed E-state index contributed by atoms with van der Waals surface area (Å²) < 4.78 is 15.3. The second-order valence-corrected chi connectivity index (χ2v) is 6.23. The molecule has 1 aromatic heterocycles. The van der Waals surface area contributed by atoms with E-state index >= 15 is 0 Å². The molecule has 1 N–H and O–H groups in total. The van der Waals surface area contributed by atoms with Crippen LogP contribution in [0.2, 0.25) is 0 Å². The summed E-state index contributed by atoms with van der Waals surface area (Å²) in [5.41, 5.74) is 1.63. The Morgan fingerprint density at radius 3 is 2.70 bits per heavy atom. The molecule has 7 heteroatoms. The summed E-state index contributed by atoms with van der Waals surface area (Å²) in [5, 5.41) is 3.26. The van der Waals surface area contributed by atoms with Crippen LogP contribution >= 0.6 is 11.3 Å². The molecule has 3 rings (SSSR count). The number of anilines is 1. The van der Waals surface area contributed by atoms with Gasteiger partial charge in [-0.15, -0.1) is 11.3 Å². The molecule has 2 heterocycles. The highest BCUT2D eigenvalue weighted by Gasteiger charge is 2.23. The number of esters is 1. The molecule has 1 amide bonds. The summed E-state index contributed by atoms with van der Waals surface area (Å²) in [7, 11) is 1.32. The summed E-state index contributed by atoms with van der Waals surface area (Å²) in [6.07, 6.45) is 0. The van der Waals surface area contributed by atoms with Gasteiger partial charge in [0, 0.05) is 10.4 Å². The van der Waals surface area contributed by atoms with Gasteiger partial charge in [-0.2, -0.15) is 0 Å². The van der Waals surface area contributed by atoms with Crippen molar-refractivity contribution < 1.29 is 23.8 Å². The fourth-order valence-electron chi connectivity index (χ4n) is 2.28. The third-order valence-corrected chi connectivity index (χ3v) is 4.76. The third-order valence-electron chi connectivity index (χ3n) is 3.64. The second-order valence-electron chi connectivity index (χ2n) is 5.00. The first-order chi connectivity index (χ1) is 11.0. The van der Waals surface area contributed by atoms with Crippen LogP contribution in [0.1, 0.15) is 31.2 Å². The molecule has 1 aliphatic heterocycles. The van der Waals surface area contributed by atoms with Crippen molar-refractivity contribution >= 4 is 28.2 Å². The first kappa shape index (κ1) is 15.4. The Bertz CT molecular complexity index is 796. The van der Waals surface area contributed by atoms with Crippen LogP contribution in [0.15, 0.2) is 18.2 Å². The molecule has 0 unspecified atom stereocenters. The van der Waals surface area contributed by atoms with Gasteiger partial charge >= 0.3 is 5.97 Å². The average molecular weight is 333 g/mol. The normalized spacial score (nSPS) is 12.1.